The lowest BCUT2D eigenvalue weighted by molar-refractivity contribution is 0.468. The molecular weight excluding hydrogens is 275 g/mol. The third-order valence-corrected chi connectivity index (χ3v) is 4.02. The molecule has 1 nitrogen and oxygen atoms in total. The lowest BCUT2D eigenvalue weighted by atomic mass is 9.92. The maximum atomic E-state index is 13.7. The fourth-order valence-corrected chi connectivity index (χ4v) is 2.92. The number of hydrogen-bond donors (Lipinski definition) is 0. The van der Waals surface area contributed by atoms with E-state index in [0.29, 0.717) is 11.3 Å². The molecular formula is C17H16ClFO. The molecule has 0 radical (unpaired) electrons. The molecule has 1 aliphatic carbocycles. The molecule has 2 aromatic rings. The molecule has 104 valence electrons. The number of ether oxygens (including phenoxy) is 1. The van der Waals surface area contributed by atoms with Gasteiger partial charge in [-0.05, 0) is 61.1 Å². The summed E-state index contributed by atoms with van der Waals surface area (Å²) < 4.78 is 19.5. The number of alkyl halides is 1. The van der Waals surface area contributed by atoms with Crippen LogP contribution in [0.25, 0.3) is 0 Å². The molecule has 3 heteroatoms. The number of halogens is 2. The highest BCUT2D eigenvalue weighted by Crippen LogP contribution is 2.31. The van der Waals surface area contributed by atoms with E-state index in [0.717, 1.165) is 18.6 Å². The number of fused-ring (bicyclic) bond motifs is 1. The van der Waals surface area contributed by atoms with Gasteiger partial charge in [0.05, 0.1) is 5.88 Å². The van der Waals surface area contributed by atoms with Gasteiger partial charge in [0.2, 0.25) is 0 Å². The van der Waals surface area contributed by atoms with Crippen molar-refractivity contribution >= 4 is 11.6 Å². The zero-order valence-corrected chi connectivity index (χ0v) is 11.9. The summed E-state index contributed by atoms with van der Waals surface area (Å²) in [7, 11) is 0. The number of rotatable bonds is 3. The SMILES string of the molecule is Fc1cccc(Oc2ccc3c(c2)CCCC3)c1CCl. The van der Waals surface area contributed by atoms with Crippen molar-refractivity contribution in [1.29, 1.82) is 0 Å². The second-order valence-electron chi connectivity index (χ2n) is 5.09. The predicted octanol–water partition coefficient (Wildman–Crippen LogP) is 5.24. The van der Waals surface area contributed by atoms with E-state index in [1.165, 1.54) is 30.0 Å². The van der Waals surface area contributed by atoms with Crippen molar-refractivity contribution in [3.05, 3.63) is 58.9 Å². The maximum absolute atomic E-state index is 13.7. The van der Waals surface area contributed by atoms with Crippen LogP contribution in [0.15, 0.2) is 36.4 Å². The first-order chi connectivity index (χ1) is 9.78. The summed E-state index contributed by atoms with van der Waals surface area (Å²) in [6.45, 7) is 0. The Kier molecular flexibility index (Phi) is 3.93. The van der Waals surface area contributed by atoms with Crippen LogP contribution < -0.4 is 4.74 Å². The van der Waals surface area contributed by atoms with Crippen molar-refractivity contribution in [2.24, 2.45) is 0 Å². The summed E-state index contributed by atoms with van der Waals surface area (Å²) in [6, 6.07) is 10.9. The highest BCUT2D eigenvalue weighted by molar-refractivity contribution is 6.17. The van der Waals surface area contributed by atoms with E-state index in [1.807, 2.05) is 6.07 Å². The van der Waals surface area contributed by atoms with E-state index < -0.39 is 0 Å². The van der Waals surface area contributed by atoms with Gasteiger partial charge >= 0.3 is 0 Å². The predicted molar refractivity (Wildman–Crippen MR) is 79.1 cm³/mol. The summed E-state index contributed by atoms with van der Waals surface area (Å²) in [5.41, 5.74) is 3.16. The van der Waals surface area contributed by atoms with Crippen LogP contribution in [0, 0.1) is 5.82 Å². The lowest BCUT2D eigenvalue weighted by Gasteiger charge is -2.17. The molecule has 20 heavy (non-hydrogen) atoms. The minimum absolute atomic E-state index is 0.104. The Morgan fingerprint density at radius 2 is 1.85 bits per heavy atom. The lowest BCUT2D eigenvalue weighted by Crippen LogP contribution is -2.02. The zero-order valence-electron chi connectivity index (χ0n) is 11.2. The van der Waals surface area contributed by atoms with Crippen molar-refractivity contribution in [2.75, 3.05) is 0 Å². The highest BCUT2D eigenvalue weighted by Gasteiger charge is 2.12. The summed E-state index contributed by atoms with van der Waals surface area (Å²) in [5.74, 6) is 1.03. The monoisotopic (exact) mass is 290 g/mol. The second-order valence-corrected chi connectivity index (χ2v) is 5.36. The molecule has 0 bridgehead atoms. The van der Waals surface area contributed by atoms with E-state index in [2.05, 4.69) is 12.1 Å². The molecule has 0 N–H and O–H groups in total. The highest BCUT2D eigenvalue weighted by atomic mass is 35.5. The first-order valence-electron chi connectivity index (χ1n) is 6.91. The van der Waals surface area contributed by atoms with Gasteiger partial charge in [-0.3, -0.25) is 0 Å². The molecule has 3 rings (SSSR count). The van der Waals surface area contributed by atoms with Gasteiger partial charge < -0.3 is 4.74 Å². The molecule has 0 aromatic heterocycles. The smallest absolute Gasteiger partial charge is 0.134 e. The molecule has 0 heterocycles. The fourth-order valence-electron chi connectivity index (χ4n) is 2.66. The first kappa shape index (κ1) is 13.4. The number of hydrogen-bond acceptors (Lipinski definition) is 1. The van der Waals surface area contributed by atoms with Crippen LogP contribution in [0.2, 0.25) is 0 Å². The molecule has 0 spiro atoms. The average Bonchev–Trinajstić information content (AvgIpc) is 2.47. The summed E-state index contributed by atoms with van der Waals surface area (Å²) in [6.07, 6.45) is 4.72. The Bertz CT molecular complexity index is 624. The van der Waals surface area contributed by atoms with Gasteiger partial charge in [-0.25, -0.2) is 4.39 Å². The minimum atomic E-state index is -0.324. The first-order valence-corrected chi connectivity index (χ1v) is 7.44. The van der Waals surface area contributed by atoms with E-state index in [9.17, 15) is 4.39 Å². The van der Waals surface area contributed by atoms with Crippen molar-refractivity contribution in [2.45, 2.75) is 31.6 Å². The van der Waals surface area contributed by atoms with Gasteiger partial charge in [-0.1, -0.05) is 12.1 Å². The molecule has 0 saturated heterocycles. The topological polar surface area (TPSA) is 9.23 Å². The third kappa shape index (κ3) is 2.66. The van der Waals surface area contributed by atoms with Crippen LogP contribution >= 0.6 is 11.6 Å². The molecule has 0 fully saturated rings. The van der Waals surface area contributed by atoms with E-state index in [4.69, 9.17) is 16.3 Å². The largest absolute Gasteiger partial charge is 0.457 e. The van der Waals surface area contributed by atoms with Crippen molar-refractivity contribution in [1.82, 2.24) is 0 Å². The Morgan fingerprint density at radius 3 is 2.65 bits per heavy atom. The molecule has 1 aliphatic rings. The quantitative estimate of drug-likeness (QED) is 0.703. The van der Waals surface area contributed by atoms with Gasteiger partial charge in [0.1, 0.15) is 17.3 Å². The summed E-state index contributed by atoms with van der Waals surface area (Å²) in [4.78, 5) is 0. The Balaban J connectivity index is 1.90. The third-order valence-electron chi connectivity index (χ3n) is 3.76. The number of aryl methyl sites for hydroxylation is 2. The average molecular weight is 291 g/mol. The van der Waals surface area contributed by atoms with Gasteiger partial charge in [0.25, 0.3) is 0 Å². The van der Waals surface area contributed by atoms with E-state index >= 15 is 0 Å². The van der Waals surface area contributed by atoms with Crippen LogP contribution in [0.1, 0.15) is 29.5 Å². The Labute approximate surface area is 123 Å². The van der Waals surface area contributed by atoms with Crippen LogP contribution in [-0.2, 0) is 18.7 Å². The maximum Gasteiger partial charge on any atom is 0.134 e. The normalized spacial score (nSPS) is 13.9. The second kappa shape index (κ2) is 5.84. The van der Waals surface area contributed by atoms with Crippen molar-refractivity contribution in [3.63, 3.8) is 0 Å². The molecule has 0 aliphatic heterocycles. The summed E-state index contributed by atoms with van der Waals surface area (Å²) in [5, 5.41) is 0. The van der Waals surface area contributed by atoms with Crippen LogP contribution in [0.3, 0.4) is 0 Å². The Morgan fingerprint density at radius 1 is 1.05 bits per heavy atom. The molecule has 0 amide bonds. The van der Waals surface area contributed by atoms with Crippen LogP contribution in [-0.4, -0.2) is 0 Å². The molecule has 2 aromatic carbocycles. The minimum Gasteiger partial charge on any atom is -0.457 e. The number of benzene rings is 2. The van der Waals surface area contributed by atoms with E-state index in [1.54, 1.807) is 12.1 Å². The Hall–Kier alpha value is -1.54. The van der Waals surface area contributed by atoms with Gasteiger partial charge in [-0.15, -0.1) is 11.6 Å². The van der Waals surface area contributed by atoms with Gasteiger partial charge in [0.15, 0.2) is 0 Å². The van der Waals surface area contributed by atoms with Gasteiger partial charge in [-0.2, -0.15) is 0 Å². The molecule has 0 atom stereocenters. The van der Waals surface area contributed by atoms with E-state index in [-0.39, 0.29) is 11.7 Å². The zero-order chi connectivity index (χ0) is 13.9. The molecule has 0 saturated carbocycles. The van der Waals surface area contributed by atoms with Crippen molar-refractivity contribution < 1.29 is 9.13 Å². The summed E-state index contributed by atoms with van der Waals surface area (Å²) >= 11 is 5.80. The fraction of sp³-hybridized carbons (Fsp3) is 0.294. The van der Waals surface area contributed by atoms with Crippen LogP contribution in [0.4, 0.5) is 4.39 Å². The van der Waals surface area contributed by atoms with Gasteiger partial charge in [0, 0.05) is 5.56 Å². The van der Waals surface area contributed by atoms with Crippen LogP contribution in [0.5, 0.6) is 11.5 Å². The molecule has 0 unspecified atom stereocenters. The standard InChI is InChI=1S/C17H16ClFO/c18-11-15-16(19)6-3-7-17(15)20-14-9-8-12-4-1-2-5-13(12)10-14/h3,6-10H,1-2,4-5,11H2. The van der Waals surface area contributed by atoms with Crippen molar-refractivity contribution in [3.8, 4) is 11.5 Å².